The van der Waals surface area contributed by atoms with Crippen molar-refractivity contribution in [1.82, 2.24) is 24.1 Å². The van der Waals surface area contributed by atoms with Crippen molar-refractivity contribution in [2.75, 3.05) is 6.54 Å². The lowest BCUT2D eigenvalue weighted by atomic mass is 10.3. The number of nitrogens with two attached hydrogens (primary N) is 1. The van der Waals surface area contributed by atoms with Crippen molar-refractivity contribution in [1.29, 1.82) is 0 Å². The summed E-state index contributed by atoms with van der Waals surface area (Å²) in [5.41, 5.74) is 5.54. The van der Waals surface area contributed by atoms with E-state index in [0.29, 0.717) is 6.54 Å². The quantitative estimate of drug-likeness (QED) is 0.488. The van der Waals surface area contributed by atoms with E-state index in [1.54, 1.807) is 17.5 Å². The molecule has 0 aliphatic carbocycles. The van der Waals surface area contributed by atoms with Gasteiger partial charge in [0, 0.05) is 40.2 Å². The van der Waals surface area contributed by atoms with Gasteiger partial charge in [-0.15, -0.1) is 11.3 Å². The Morgan fingerprint density at radius 1 is 1.24 bits per heavy atom. The Balaban J connectivity index is 0.000000479. The van der Waals surface area contributed by atoms with Gasteiger partial charge in [0.05, 0.1) is 19.3 Å². The van der Waals surface area contributed by atoms with Gasteiger partial charge in [-0.2, -0.15) is 32.1 Å². The number of aryl methyl sites for hydroxylation is 1. The van der Waals surface area contributed by atoms with Crippen LogP contribution in [-0.2, 0) is 24.4 Å². The molecule has 3 aromatic rings. The van der Waals surface area contributed by atoms with Crippen LogP contribution in [0.3, 0.4) is 0 Å². The fourth-order valence-corrected chi connectivity index (χ4v) is 3.40. The smallest absolute Gasteiger partial charge is 0.475 e. The Bertz CT molecular complexity index is 1170. The number of hydrogen-bond acceptors (Lipinski definition) is 6. The van der Waals surface area contributed by atoms with Gasteiger partial charge >= 0.3 is 17.8 Å². The lowest BCUT2D eigenvalue weighted by Crippen LogP contribution is -2.27. The van der Waals surface area contributed by atoms with Crippen molar-refractivity contribution in [2.45, 2.75) is 32.7 Å². The van der Waals surface area contributed by atoms with E-state index < -0.39 is 23.9 Å². The second kappa shape index (κ2) is 11.0. The molecule has 0 aliphatic rings. The third kappa shape index (κ3) is 7.08. The van der Waals surface area contributed by atoms with Crippen molar-refractivity contribution in [2.24, 2.45) is 5.73 Å². The minimum Gasteiger partial charge on any atom is -0.475 e. The van der Waals surface area contributed by atoms with Gasteiger partial charge < -0.3 is 10.8 Å². The van der Waals surface area contributed by atoms with Gasteiger partial charge in [-0.25, -0.2) is 14.3 Å². The van der Waals surface area contributed by atoms with E-state index in [1.165, 1.54) is 10.9 Å². The molecule has 0 atom stereocenters. The number of nitrogens with zero attached hydrogens (tertiary/aromatic N) is 5. The van der Waals surface area contributed by atoms with Crippen LogP contribution in [0.2, 0.25) is 0 Å². The fourth-order valence-electron chi connectivity index (χ4n) is 2.42. The molecular weight excluding hydrogens is 475 g/mol. The van der Waals surface area contributed by atoms with Crippen LogP contribution in [0.1, 0.15) is 11.8 Å². The summed E-state index contributed by atoms with van der Waals surface area (Å²) in [6.07, 6.45) is -1.84. The number of carboxylic acid groups (broad SMARTS) is 1. The molecule has 33 heavy (non-hydrogen) atoms. The first kappa shape index (κ1) is 25.9. The first-order valence-electron chi connectivity index (χ1n) is 9.23. The van der Waals surface area contributed by atoms with Crippen LogP contribution in [0.5, 0.6) is 0 Å². The number of alkyl halides is 3. The Morgan fingerprint density at radius 2 is 1.91 bits per heavy atom. The number of thiophene rings is 1. The maximum atomic E-state index is 12.7. The number of halogens is 5. The highest BCUT2D eigenvalue weighted by Crippen LogP contribution is 2.28. The van der Waals surface area contributed by atoms with Crippen molar-refractivity contribution >= 4 is 17.3 Å². The largest absolute Gasteiger partial charge is 0.490 e. The maximum Gasteiger partial charge on any atom is 0.490 e. The number of carboxylic acids is 1. The second-order valence-electron chi connectivity index (χ2n) is 6.42. The molecule has 3 aromatic heterocycles. The van der Waals surface area contributed by atoms with E-state index in [0.717, 1.165) is 26.5 Å². The predicted molar refractivity (Wildman–Crippen MR) is 109 cm³/mol. The van der Waals surface area contributed by atoms with Crippen LogP contribution in [0.4, 0.5) is 22.0 Å². The molecule has 9 nitrogen and oxygen atoms in total. The van der Waals surface area contributed by atoms with E-state index in [-0.39, 0.29) is 18.7 Å². The van der Waals surface area contributed by atoms with Gasteiger partial charge in [0.15, 0.2) is 0 Å². The highest BCUT2D eigenvalue weighted by atomic mass is 32.1. The minimum absolute atomic E-state index is 0.302. The standard InChI is InChI=1S/C16H18F2N6OS.C2HF3O2/c1-2-23-7-12(6-20-23)14-4-3-13(26-14)9-22-10-21-24(16(22)25)8-11(5-19)15(17)18;3-2(4,5)1(6)7/h3-4,6-7,10H,2,5,8-9,19H2,1H3;(H,6,7). The van der Waals surface area contributed by atoms with Crippen LogP contribution in [-0.4, -0.2) is 47.9 Å². The molecule has 0 unspecified atom stereocenters. The monoisotopic (exact) mass is 494 g/mol. The molecule has 3 heterocycles. The summed E-state index contributed by atoms with van der Waals surface area (Å²) in [7, 11) is 0. The van der Waals surface area contributed by atoms with E-state index in [2.05, 4.69) is 10.2 Å². The number of hydrogen-bond donors (Lipinski definition) is 2. The van der Waals surface area contributed by atoms with Gasteiger partial charge in [-0.05, 0) is 19.1 Å². The normalized spacial score (nSPS) is 11.1. The lowest BCUT2D eigenvalue weighted by molar-refractivity contribution is -0.192. The Kier molecular flexibility index (Phi) is 8.64. The molecule has 0 fully saturated rings. The molecule has 0 radical (unpaired) electrons. The summed E-state index contributed by atoms with van der Waals surface area (Å²) in [6.45, 7) is 2.51. The number of aliphatic carboxylic acids is 1. The second-order valence-corrected chi connectivity index (χ2v) is 7.59. The molecular formula is C18H19F5N6O3S. The third-order valence-corrected chi connectivity index (χ3v) is 5.24. The van der Waals surface area contributed by atoms with Crippen LogP contribution in [0.15, 0.2) is 47.3 Å². The summed E-state index contributed by atoms with van der Waals surface area (Å²) in [5, 5.41) is 15.3. The average molecular weight is 494 g/mol. The van der Waals surface area contributed by atoms with Gasteiger partial charge in [0.2, 0.25) is 0 Å². The maximum absolute atomic E-state index is 12.7. The molecule has 0 spiro atoms. The first-order valence-corrected chi connectivity index (χ1v) is 10.0. The topological polar surface area (TPSA) is 121 Å². The summed E-state index contributed by atoms with van der Waals surface area (Å²) in [4.78, 5) is 23.2. The lowest BCUT2D eigenvalue weighted by Gasteiger charge is -2.02. The van der Waals surface area contributed by atoms with E-state index in [4.69, 9.17) is 15.6 Å². The fraction of sp³-hybridized carbons (Fsp3) is 0.333. The average Bonchev–Trinajstić information content (AvgIpc) is 3.47. The zero-order chi connectivity index (χ0) is 24.8. The van der Waals surface area contributed by atoms with Gasteiger partial charge in [-0.3, -0.25) is 9.25 Å². The highest BCUT2D eigenvalue weighted by molar-refractivity contribution is 7.15. The van der Waals surface area contributed by atoms with Crippen molar-refractivity contribution in [3.63, 3.8) is 0 Å². The van der Waals surface area contributed by atoms with Crippen molar-refractivity contribution in [3.05, 3.63) is 57.9 Å². The predicted octanol–water partition coefficient (Wildman–Crippen LogP) is 2.78. The third-order valence-electron chi connectivity index (χ3n) is 4.12. The molecule has 0 aromatic carbocycles. The van der Waals surface area contributed by atoms with Crippen molar-refractivity contribution < 1.29 is 31.9 Å². The van der Waals surface area contributed by atoms with Crippen LogP contribution < -0.4 is 11.4 Å². The van der Waals surface area contributed by atoms with Gasteiger partial charge in [0.25, 0.3) is 6.08 Å². The zero-order valence-electron chi connectivity index (χ0n) is 17.1. The zero-order valence-corrected chi connectivity index (χ0v) is 17.9. The van der Waals surface area contributed by atoms with Gasteiger partial charge in [0.1, 0.15) is 6.33 Å². The summed E-state index contributed by atoms with van der Waals surface area (Å²) in [5.74, 6) is -2.76. The Hall–Kier alpha value is -3.33. The summed E-state index contributed by atoms with van der Waals surface area (Å²) < 4.78 is 61.4. The van der Waals surface area contributed by atoms with Crippen molar-refractivity contribution in [3.8, 4) is 10.4 Å². The van der Waals surface area contributed by atoms with Crippen LogP contribution in [0.25, 0.3) is 10.4 Å². The Morgan fingerprint density at radius 3 is 2.42 bits per heavy atom. The van der Waals surface area contributed by atoms with E-state index in [9.17, 15) is 26.7 Å². The molecule has 180 valence electrons. The summed E-state index contributed by atoms with van der Waals surface area (Å²) >= 11 is 1.55. The molecule has 0 amide bonds. The summed E-state index contributed by atoms with van der Waals surface area (Å²) in [6, 6.07) is 3.90. The molecule has 3 N–H and O–H groups in total. The molecule has 15 heteroatoms. The molecule has 0 saturated heterocycles. The first-order chi connectivity index (χ1) is 15.5. The van der Waals surface area contributed by atoms with Crippen LogP contribution in [0, 0.1) is 0 Å². The van der Waals surface area contributed by atoms with E-state index >= 15 is 0 Å². The number of carbonyl (C=O) groups is 1. The van der Waals surface area contributed by atoms with Crippen LogP contribution >= 0.6 is 11.3 Å². The number of rotatable bonds is 7. The Labute approximate surface area is 187 Å². The molecule has 0 aliphatic heterocycles. The molecule has 3 rings (SSSR count). The highest BCUT2D eigenvalue weighted by Gasteiger charge is 2.38. The van der Waals surface area contributed by atoms with Gasteiger partial charge in [-0.1, -0.05) is 0 Å². The molecule has 0 saturated carbocycles. The van der Waals surface area contributed by atoms with E-state index in [1.807, 2.05) is 29.9 Å². The minimum atomic E-state index is -5.08. The number of aromatic nitrogens is 5. The molecule has 0 bridgehead atoms. The SMILES string of the molecule is CCn1cc(-c2ccc(Cn3cnn(CC(CN)=C(F)F)c3=O)s2)cn1.O=C(O)C(F)(F)F.